The molecule has 0 radical (unpaired) electrons. The van der Waals surface area contributed by atoms with Gasteiger partial charge in [-0.2, -0.15) is 9.61 Å². The molecule has 2 N–H and O–H groups in total. The lowest BCUT2D eigenvalue weighted by molar-refractivity contribution is 0.0831. The first-order valence-corrected chi connectivity index (χ1v) is 8.50. The number of nitrogens with two attached hydrogens (primary N) is 1. The minimum atomic E-state index is 0.319. The second-order valence-corrected chi connectivity index (χ2v) is 7.13. The van der Waals surface area contributed by atoms with E-state index in [2.05, 4.69) is 24.0 Å². The maximum Gasteiger partial charge on any atom is 0.234 e. The van der Waals surface area contributed by atoms with Crippen molar-refractivity contribution >= 4 is 16.3 Å². The van der Waals surface area contributed by atoms with Crippen LogP contribution in [0.15, 0.2) is 0 Å². The highest BCUT2D eigenvalue weighted by atomic mass is 32.1. The van der Waals surface area contributed by atoms with Gasteiger partial charge in [-0.25, -0.2) is 0 Å². The molecule has 21 heavy (non-hydrogen) atoms. The highest BCUT2D eigenvalue weighted by Crippen LogP contribution is 2.30. The van der Waals surface area contributed by atoms with Gasteiger partial charge in [-0.05, 0) is 25.2 Å². The molecule has 0 saturated carbocycles. The Morgan fingerprint density at radius 1 is 1.33 bits per heavy atom. The lowest BCUT2D eigenvalue weighted by atomic mass is 9.98. The highest BCUT2D eigenvalue weighted by molar-refractivity contribution is 7.16. The van der Waals surface area contributed by atoms with E-state index in [1.54, 1.807) is 11.3 Å². The number of aromatic nitrogens is 4. The molecule has 0 aromatic carbocycles. The van der Waals surface area contributed by atoms with E-state index in [9.17, 15) is 0 Å². The van der Waals surface area contributed by atoms with Crippen molar-refractivity contribution < 1.29 is 4.74 Å². The van der Waals surface area contributed by atoms with Gasteiger partial charge in [0.05, 0.1) is 0 Å². The number of rotatable bonds is 5. The summed E-state index contributed by atoms with van der Waals surface area (Å²) in [6.07, 6.45) is 3.06. The summed E-state index contributed by atoms with van der Waals surface area (Å²) in [5, 5.41) is 14.5. The van der Waals surface area contributed by atoms with E-state index in [1.807, 2.05) is 4.52 Å². The molecule has 3 rings (SSSR count). The fourth-order valence-electron chi connectivity index (χ4n) is 2.89. The zero-order valence-corrected chi connectivity index (χ0v) is 13.5. The van der Waals surface area contributed by atoms with E-state index in [0.717, 1.165) is 48.3 Å². The maximum absolute atomic E-state index is 5.93. The minimum absolute atomic E-state index is 0.319. The highest BCUT2D eigenvalue weighted by Gasteiger charge is 2.25. The molecule has 0 spiro atoms. The van der Waals surface area contributed by atoms with Gasteiger partial charge in [0.25, 0.3) is 0 Å². The summed E-state index contributed by atoms with van der Waals surface area (Å²) in [4.78, 5) is 0.883. The quantitative estimate of drug-likeness (QED) is 0.915. The molecule has 2 aromatic rings. The van der Waals surface area contributed by atoms with E-state index in [0.29, 0.717) is 24.3 Å². The molecule has 0 aliphatic carbocycles. The second kappa shape index (κ2) is 6.37. The molecule has 1 atom stereocenters. The summed E-state index contributed by atoms with van der Waals surface area (Å²) in [5.74, 6) is 2.32. The number of hydrogen-bond acceptors (Lipinski definition) is 6. The van der Waals surface area contributed by atoms with Gasteiger partial charge in [0.2, 0.25) is 4.96 Å². The Kier molecular flexibility index (Phi) is 4.51. The van der Waals surface area contributed by atoms with Crippen LogP contribution in [0.5, 0.6) is 0 Å². The van der Waals surface area contributed by atoms with E-state index in [4.69, 9.17) is 15.6 Å². The number of hydrogen-bond donors (Lipinski definition) is 1. The Labute approximate surface area is 128 Å². The predicted octanol–water partition coefficient (Wildman–Crippen LogP) is 2.17. The van der Waals surface area contributed by atoms with Crippen molar-refractivity contribution in [3.05, 3.63) is 10.8 Å². The molecule has 1 aliphatic rings. The first-order valence-electron chi connectivity index (χ1n) is 7.69. The Morgan fingerprint density at radius 3 is 2.76 bits per heavy atom. The van der Waals surface area contributed by atoms with E-state index in [1.165, 1.54) is 0 Å². The minimum Gasteiger partial charge on any atom is -0.381 e. The summed E-state index contributed by atoms with van der Waals surface area (Å²) in [7, 11) is 0. The van der Waals surface area contributed by atoms with Crippen LogP contribution in [0.2, 0.25) is 0 Å². The summed E-state index contributed by atoms with van der Waals surface area (Å²) in [6, 6.07) is 0. The van der Waals surface area contributed by atoms with Crippen LogP contribution in [0, 0.1) is 5.92 Å². The molecule has 1 aliphatic heterocycles. The summed E-state index contributed by atoms with van der Waals surface area (Å²) in [5.41, 5.74) is 5.93. The maximum atomic E-state index is 5.93. The van der Waals surface area contributed by atoms with Gasteiger partial charge in [-0.3, -0.25) is 0 Å². The molecule has 0 bridgehead atoms. The third-order valence-corrected chi connectivity index (χ3v) is 5.07. The van der Waals surface area contributed by atoms with Gasteiger partial charge in [-0.1, -0.05) is 25.2 Å². The van der Waals surface area contributed by atoms with Crippen molar-refractivity contribution in [2.45, 2.75) is 44.9 Å². The Hall–Kier alpha value is -1.05. The molecule has 116 valence electrons. The first-order chi connectivity index (χ1) is 10.2. The lowest BCUT2D eigenvalue weighted by Gasteiger charge is -2.19. The Bertz CT molecular complexity index is 587. The van der Waals surface area contributed by atoms with E-state index < -0.39 is 0 Å². The average molecular weight is 309 g/mol. The number of nitrogens with zero attached hydrogens (tertiary/aromatic N) is 4. The Morgan fingerprint density at radius 2 is 2.10 bits per heavy atom. The van der Waals surface area contributed by atoms with Gasteiger partial charge in [0.15, 0.2) is 5.82 Å². The third kappa shape index (κ3) is 3.09. The summed E-state index contributed by atoms with van der Waals surface area (Å²) < 4.78 is 7.35. The smallest absolute Gasteiger partial charge is 0.234 e. The van der Waals surface area contributed by atoms with Crippen LogP contribution >= 0.6 is 11.3 Å². The molecule has 7 heteroatoms. The van der Waals surface area contributed by atoms with Crippen LogP contribution in [0.3, 0.4) is 0 Å². The van der Waals surface area contributed by atoms with Crippen molar-refractivity contribution in [3.63, 3.8) is 0 Å². The monoisotopic (exact) mass is 309 g/mol. The molecule has 2 aromatic heterocycles. The molecular weight excluding hydrogens is 286 g/mol. The van der Waals surface area contributed by atoms with Crippen molar-refractivity contribution in [1.29, 1.82) is 0 Å². The molecular formula is C14H23N5OS. The van der Waals surface area contributed by atoms with Crippen LogP contribution in [0.1, 0.15) is 55.8 Å². The van der Waals surface area contributed by atoms with Crippen LogP contribution in [0.25, 0.3) is 4.96 Å². The normalized spacial score (nSPS) is 18.7. The first kappa shape index (κ1) is 14.9. The van der Waals surface area contributed by atoms with Gasteiger partial charge < -0.3 is 10.5 Å². The number of fused-ring (bicyclic) bond motifs is 1. The molecule has 6 nitrogen and oxygen atoms in total. The van der Waals surface area contributed by atoms with Crippen LogP contribution in [0.4, 0.5) is 0 Å². The molecule has 3 heterocycles. The topological polar surface area (TPSA) is 78.3 Å². The van der Waals surface area contributed by atoms with E-state index in [-0.39, 0.29) is 0 Å². The molecule has 1 unspecified atom stereocenters. The number of ether oxygens (including phenoxy) is 1. The lowest BCUT2D eigenvalue weighted by Crippen LogP contribution is -2.17. The SMILES string of the molecule is CC(C)CC(CN)c1nn2c(C3CCOCC3)nnc2s1. The third-order valence-electron chi connectivity index (χ3n) is 4.01. The van der Waals surface area contributed by atoms with Crippen molar-refractivity contribution in [3.8, 4) is 0 Å². The second-order valence-electron chi connectivity index (χ2n) is 6.14. The largest absolute Gasteiger partial charge is 0.381 e. The van der Waals surface area contributed by atoms with Crippen molar-refractivity contribution in [1.82, 2.24) is 19.8 Å². The van der Waals surface area contributed by atoms with Gasteiger partial charge in [0, 0.05) is 31.6 Å². The van der Waals surface area contributed by atoms with Gasteiger partial charge in [-0.15, -0.1) is 10.2 Å². The van der Waals surface area contributed by atoms with Crippen LogP contribution < -0.4 is 5.73 Å². The van der Waals surface area contributed by atoms with Gasteiger partial charge >= 0.3 is 0 Å². The zero-order chi connectivity index (χ0) is 14.8. The summed E-state index contributed by atoms with van der Waals surface area (Å²) >= 11 is 1.62. The summed E-state index contributed by atoms with van der Waals surface area (Å²) in [6.45, 7) is 6.67. The van der Waals surface area contributed by atoms with Crippen molar-refractivity contribution in [2.75, 3.05) is 19.8 Å². The standard InChI is InChI=1S/C14H23N5OS/c1-9(2)7-11(8-15)13-18-19-12(16-17-14(19)21-13)10-3-5-20-6-4-10/h9-11H,3-8,15H2,1-2H3. The fourth-order valence-corrected chi connectivity index (χ4v) is 3.86. The van der Waals surface area contributed by atoms with E-state index >= 15 is 0 Å². The predicted molar refractivity (Wildman–Crippen MR) is 82.7 cm³/mol. The van der Waals surface area contributed by atoms with Crippen LogP contribution in [-0.2, 0) is 4.74 Å². The fraction of sp³-hybridized carbons (Fsp3) is 0.786. The molecule has 1 saturated heterocycles. The zero-order valence-electron chi connectivity index (χ0n) is 12.7. The Balaban J connectivity index is 1.87. The molecule has 1 fully saturated rings. The van der Waals surface area contributed by atoms with Crippen molar-refractivity contribution in [2.24, 2.45) is 11.7 Å². The van der Waals surface area contributed by atoms with Crippen LogP contribution in [-0.4, -0.2) is 39.6 Å². The average Bonchev–Trinajstić information content (AvgIpc) is 3.05. The van der Waals surface area contributed by atoms with Gasteiger partial charge in [0.1, 0.15) is 5.01 Å². The molecule has 0 amide bonds.